The molecule has 2 amide bonds. The van der Waals surface area contributed by atoms with E-state index >= 15 is 0 Å². The Hall–Kier alpha value is -4.84. The van der Waals surface area contributed by atoms with Crippen molar-refractivity contribution in [1.82, 2.24) is 24.2 Å². The molecule has 0 unspecified atom stereocenters. The summed E-state index contributed by atoms with van der Waals surface area (Å²) in [5, 5.41) is 12.1. The van der Waals surface area contributed by atoms with Gasteiger partial charge in [0.05, 0.1) is 0 Å². The Balaban J connectivity index is 1.35. The lowest BCUT2D eigenvalue weighted by molar-refractivity contribution is -0.140. The molecule has 47 heavy (non-hydrogen) atoms. The summed E-state index contributed by atoms with van der Waals surface area (Å²) < 4.78 is 42.9. The zero-order chi connectivity index (χ0) is 34.3. The van der Waals surface area contributed by atoms with Crippen LogP contribution in [0.5, 0.6) is 0 Å². The summed E-state index contributed by atoms with van der Waals surface area (Å²) in [6.07, 6.45) is 1.47. The third-order valence-electron chi connectivity index (χ3n) is 7.51. The van der Waals surface area contributed by atoms with Crippen molar-refractivity contribution in [3.05, 3.63) is 94.6 Å². The van der Waals surface area contributed by atoms with Crippen LogP contribution in [-0.4, -0.2) is 91.8 Å². The molecule has 4 rings (SSSR count). The Labute approximate surface area is 273 Å². The highest BCUT2D eigenvalue weighted by atomic mass is 32.2. The number of halogens is 1. The molecule has 12 nitrogen and oxygen atoms in total. The molecule has 0 bridgehead atoms. The zero-order valence-corrected chi connectivity index (χ0v) is 27.3. The Morgan fingerprint density at radius 2 is 1.64 bits per heavy atom. The maximum absolute atomic E-state index is 13.8. The fraction of sp³-hybridized carbons (Fsp3) is 0.333. The third-order valence-corrected chi connectivity index (χ3v) is 9.11. The number of anilines is 1. The number of piperazine rings is 1. The first-order chi connectivity index (χ1) is 22.2. The smallest absolute Gasteiger partial charge is 0.322 e. The van der Waals surface area contributed by atoms with Crippen molar-refractivity contribution in [3.63, 3.8) is 0 Å². The minimum absolute atomic E-state index is 0.00301. The van der Waals surface area contributed by atoms with E-state index in [2.05, 4.69) is 26.9 Å². The second-order valence-corrected chi connectivity index (χ2v) is 13.2. The highest BCUT2D eigenvalue weighted by Crippen LogP contribution is 2.19. The van der Waals surface area contributed by atoms with E-state index in [1.165, 1.54) is 27.5 Å². The van der Waals surface area contributed by atoms with Crippen LogP contribution >= 0.6 is 0 Å². The number of rotatable bonds is 10. The van der Waals surface area contributed by atoms with Crippen molar-refractivity contribution in [2.45, 2.75) is 26.4 Å². The number of carboxylic acids is 1. The zero-order valence-electron chi connectivity index (χ0n) is 26.5. The first-order valence-electron chi connectivity index (χ1n) is 14.9. The lowest BCUT2D eigenvalue weighted by atomic mass is 10.1. The van der Waals surface area contributed by atoms with Gasteiger partial charge in [-0.1, -0.05) is 31.8 Å². The van der Waals surface area contributed by atoms with Crippen LogP contribution in [0.15, 0.2) is 60.8 Å². The standard InChI is InChI=1S/C33H37FN6O6S/c1-22(2)30(33(43)44)37-47(45,46)40-17-15-39(16-18-40)27-11-7-23(8-12-27)5-6-24-13-14-35-29(19-24)31(41)36-21-25-9-10-26(34)20-28(25)32(42)38(3)4/h7-14,19-20,22,30,37H,15-18,21H2,1-4H3,(H,36,41)(H,43,44)/t30-/m1/s1. The van der Waals surface area contributed by atoms with E-state index < -0.39 is 39.9 Å². The van der Waals surface area contributed by atoms with Gasteiger partial charge in [0.15, 0.2) is 0 Å². The molecule has 1 saturated heterocycles. The van der Waals surface area contributed by atoms with Gasteiger partial charge in [0, 0.05) is 75.4 Å². The van der Waals surface area contributed by atoms with Crippen LogP contribution in [0.4, 0.5) is 10.1 Å². The van der Waals surface area contributed by atoms with Gasteiger partial charge in [-0.05, 0) is 60.0 Å². The molecule has 0 aliphatic carbocycles. The van der Waals surface area contributed by atoms with Gasteiger partial charge < -0.3 is 20.2 Å². The number of carbonyl (C=O) groups is 3. The molecule has 1 aliphatic rings. The van der Waals surface area contributed by atoms with Crippen molar-refractivity contribution >= 4 is 33.7 Å². The van der Waals surface area contributed by atoms with Crippen molar-refractivity contribution in [1.29, 1.82) is 0 Å². The summed E-state index contributed by atoms with van der Waals surface area (Å²) in [5.74, 6) is 3.07. The largest absolute Gasteiger partial charge is 0.480 e. The van der Waals surface area contributed by atoms with Gasteiger partial charge in [-0.3, -0.25) is 19.4 Å². The minimum atomic E-state index is -3.95. The lowest BCUT2D eigenvalue weighted by Crippen LogP contribution is -2.55. The van der Waals surface area contributed by atoms with Crippen LogP contribution < -0.4 is 14.9 Å². The molecule has 2 heterocycles. The maximum atomic E-state index is 13.8. The minimum Gasteiger partial charge on any atom is -0.480 e. The van der Waals surface area contributed by atoms with Gasteiger partial charge in [-0.2, -0.15) is 17.4 Å². The summed E-state index contributed by atoms with van der Waals surface area (Å²) in [7, 11) is -0.825. The van der Waals surface area contributed by atoms with Crippen LogP contribution in [0.2, 0.25) is 0 Å². The summed E-state index contributed by atoms with van der Waals surface area (Å²) in [6.45, 7) is 4.57. The van der Waals surface area contributed by atoms with E-state index in [-0.39, 0.29) is 36.8 Å². The Morgan fingerprint density at radius 3 is 2.26 bits per heavy atom. The van der Waals surface area contributed by atoms with Crippen molar-refractivity contribution in [2.75, 3.05) is 45.2 Å². The second-order valence-electron chi connectivity index (χ2n) is 11.5. The summed E-state index contributed by atoms with van der Waals surface area (Å²) in [6, 6.07) is 13.3. The first kappa shape index (κ1) is 35.0. The van der Waals surface area contributed by atoms with Gasteiger partial charge in [0.2, 0.25) is 0 Å². The number of aromatic nitrogens is 1. The topological polar surface area (TPSA) is 152 Å². The number of pyridine rings is 1. The Bertz CT molecular complexity index is 1800. The lowest BCUT2D eigenvalue weighted by Gasteiger charge is -2.36. The van der Waals surface area contributed by atoms with Gasteiger partial charge in [-0.15, -0.1) is 0 Å². The van der Waals surface area contributed by atoms with E-state index in [9.17, 15) is 32.3 Å². The van der Waals surface area contributed by atoms with Crippen molar-refractivity contribution in [2.24, 2.45) is 5.92 Å². The number of nitrogens with one attached hydrogen (secondary N) is 2. The van der Waals surface area contributed by atoms with Gasteiger partial charge >= 0.3 is 5.97 Å². The van der Waals surface area contributed by atoms with E-state index in [1.807, 2.05) is 29.2 Å². The summed E-state index contributed by atoms with van der Waals surface area (Å²) in [5.41, 5.74) is 2.95. The van der Waals surface area contributed by atoms with Crippen LogP contribution in [-0.2, 0) is 21.5 Å². The molecular formula is C33H37FN6O6S. The Kier molecular flexibility index (Phi) is 11.3. The molecule has 14 heteroatoms. The molecule has 3 aromatic rings. The fourth-order valence-corrected chi connectivity index (χ4v) is 6.32. The van der Waals surface area contributed by atoms with Crippen LogP contribution in [0.3, 0.4) is 0 Å². The SMILES string of the molecule is CC(C)[C@@H](NS(=O)(=O)N1CCN(c2ccc(C#Cc3ccnc(C(=O)NCc4ccc(F)cc4C(=O)N(C)C)c3)cc2)CC1)C(=O)O. The molecule has 1 aromatic heterocycles. The predicted octanol–water partition coefficient (Wildman–Crippen LogP) is 2.32. The highest BCUT2D eigenvalue weighted by Gasteiger charge is 2.33. The molecule has 2 aromatic carbocycles. The maximum Gasteiger partial charge on any atom is 0.322 e. The van der Waals surface area contributed by atoms with Gasteiger partial charge in [0.1, 0.15) is 17.6 Å². The highest BCUT2D eigenvalue weighted by molar-refractivity contribution is 7.87. The summed E-state index contributed by atoms with van der Waals surface area (Å²) in [4.78, 5) is 44.2. The van der Waals surface area contributed by atoms with Crippen LogP contribution in [0, 0.1) is 23.6 Å². The van der Waals surface area contributed by atoms with Crippen molar-refractivity contribution < 1.29 is 32.3 Å². The normalized spacial score (nSPS) is 14.2. The van der Waals surface area contributed by atoms with E-state index in [1.54, 1.807) is 40.1 Å². The number of hydrogen-bond donors (Lipinski definition) is 3. The first-order valence-corrected chi connectivity index (χ1v) is 16.3. The van der Waals surface area contributed by atoms with E-state index in [0.29, 0.717) is 24.2 Å². The third kappa shape index (κ3) is 9.13. The van der Waals surface area contributed by atoms with E-state index in [0.717, 1.165) is 17.3 Å². The number of amides is 2. The number of carbonyl (C=O) groups excluding carboxylic acids is 2. The Morgan fingerprint density at radius 1 is 0.979 bits per heavy atom. The number of hydrogen-bond acceptors (Lipinski definition) is 7. The fourth-order valence-electron chi connectivity index (χ4n) is 4.83. The average Bonchev–Trinajstić information content (AvgIpc) is 3.05. The van der Waals surface area contributed by atoms with E-state index in [4.69, 9.17) is 0 Å². The predicted molar refractivity (Wildman–Crippen MR) is 174 cm³/mol. The average molecular weight is 665 g/mol. The van der Waals surface area contributed by atoms with Crippen LogP contribution in [0.1, 0.15) is 51.4 Å². The van der Waals surface area contributed by atoms with Crippen LogP contribution in [0.25, 0.3) is 0 Å². The molecule has 1 atom stereocenters. The molecule has 0 spiro atoms. The molecule has 0 saturated carbocycles. The van der Waals surface area contributed by atoms with Gasteiger partial charge in [-0.25, -0.2) is 4.39 Å². The molecule has 248 valence electrons. The molecule has 0 radical (unpaired) electrons. The van der Waals surface area contributed by atoms with Gasteiger partial charge in [0.25, 0.3) is 22.0 Å². The number of nitrogens with zero attached hydrogens (tertiary/aromatic N) is 4. The number of carboxylic acid groups (broad SMARTS) is 1. The summed E-state index contributed by atoms with van der Waals surface area (Å²) >= 11 is 0. The molecule has 1 fully saturated rings. The molecule has 3 N–H and O–H groups in total. The second kappa shape index (κ2) is 15.2. The molecular weight excluding hydrogens is 627 g/mol. The van der Waals surface area contributed by atoms with Crippen molar-refractivity contribution in [3.8, 4) is 11.8 Å². The molecule has 1 aliphatic heterocycles. The quantitative estimate of drug-likeness (QED) is 0.280. The number of benzene rings is 2. The number of aliphatic carboxylic acids is 1. The monoisotopic (exact) mass is 664 g/mol.